The van der Waals surface area contributed by atoms with Crippen LogP contribution in [0, 0.1) is 12.0 Å². The zero-order chi connectivity index (χ0) is 13.1. The van der Waals surface area contributed by atoms with Gasteiger partial charge in [0.1, 0.15) is 12.0 Å². The Balaban J connectivity index is 2.42. The zero-order valence-corrected chi connectivity index (χ0v) is 9.38. The molecule has 1 aromatic carbocycles. The second-order valence-corrected chi connectivity index (χ2v) is 3.72. The molecule has 0 saturated heterocycles. The lowest BCUT2D eigenvalue weighted by Gasteiger charge is -2.18. The molecule has 0 aliphatic carbocycles. The molecule has 6 heteroatoms. The number of carbonyl (C=O) groups excluding carboxylic acids is 1. The van der Waals surface area contributed by atoms with Crippen LogP contribution in [0.15, 0.2) is 30.5 Å². The molecule has 0 bridgehead atoms. The van der Waals surface area contributed by atoms with Gasteiger partial charge in [-0.2, -0.15) is 0 Å². The molecule has 0 aliphatic heterocycles. The Morgan fingerprint density at radius 1 is 1.50 bits per heavy atom. The minimum absolute atomic E-state index is 0.00150. The fourth-order valence-corrected chi connectivity index (χ4v) is 1.73. The second-order valence-electron chi connectivity index (χ2n) is 3.72. The van der Waals surface area contributed by atoms with Crippen LogP contribution in [0.4, 0.5) is 4.39 Å². The van der Waals surface area contributed by atoms with E-state index in [4.69, 9.17) is 5.73 Å². The van der Waals surface area contributed by atoms with E-state index in [0.717, 1.165) is 0 Å². The van der Waals surface area contributed by atoms with Crippen molar-refractivity contribution < 1.29 is 14.3 Å². The average Bonchev–Trinajstić information content (AvgIpc) is 2.82. The third kappa shape index (κ3) is 2.23. The summed E-state index contributed by atoms with van der Waals surface area (Å²) in [6.07, 6.45) is 3.92. The Hall–Kier alpha value is -2.21. The smallest absolute Gasteiger partial charge is 0.284 e. The van der Waals surface area contributed by atoms with Crippen molar-refractivity contribution in [2.75, 3.05) is 6.61 Å². The molecule has 2 aromatic rings. The van der Waals surface area contributed by atoms with Crippen LogP contribution in [-0.2, 0) is 0 Å². The van der Waals surface area contributed by atoms with E-state index in [9.17, 15) is 14.3 Å². The van der Waals surface area contributed by atoms with Gasteiger partial charge in [0.25, 0.3) is 5.91 Å². The van der Waals surface area contributed by atoms with Gasteiger partial charge >= 0.3 is 0 Å². The van der Waals surface area contributed by atoms with Gasteiger partial charge in [0.2, 0.25) is 0 Å². The highest BCUT2D eigenvalue weighted by molar-refractivity contribution is 5.89. The first kappa shape index (κ1) is 12.3. The number of halogens is 1. The number of imidazole rings is 1. The Morgan fingerprint density at radius 3 is 2.72 bits per heavy atom. The molecule has 1 heterocycles. The first-order valence-corrected chi connectivity index (χ1v) is 5.24. The molecule has 0 spiro atoms. The number of carbonyl (C=O) groups is 1. The van der Waals surface area contributed by atoms with E-state index in [2.05, 4.69) is 11.2 Å². The number of nitrogens with zero attached hydrogens (tertiary/aromatic N) is 2. The first-order valence-electron chi connectivity index (χ1n) is 5.24. The van der Waals surface area contributed by atoms with Crippen molar-refractivity contribution in [3.8, 4) is 0 Å². The predicted molar refractivity (Wildman–Crippen MR) is 61.2 cm³/mol. The van der Waals surface area contributed by atoms with Crippen LogP contribution < -0.4 is 5.73 Å². The molecule has 18 heavy (non-hydrogen) atoms. The van der Waals surface area contributed by atoms with Crippen molar-refractivity contribution in [3.63, 3.8) is 0 Å². The normalized spacial score (nSPS) is 12.3. The lowest BCUT2D eigenvalue weighted by Crippen LogP contribution is -2.23. The standard InChI is InChI=1S/C12H11FN3O2/c13-9-3-1-8(2-4-9)10(7-17)16-6-5-15-12(16)11(14)18/h1-4,6,10,17H,7H2,(H2,14,18). The van der Waals surface area contributed by atoms with Crippen LogP contribution in [0.5, 0.6) is 0 Å². The number of amides is 1. The highest BCUT2D eigenvalue weighted by Crippen LogP contribution is 2.19. The summed E-state index contributed by atoms with van der Waals surface area (Å²) in [5.41, 5.74) is 5.82. The van der Waals surface area contributed by atoms with E-state index < -0.39 is 11.9 Å². The maximum atomic E-state index is 12.8. The number of primary amides is 1. The maximum absolute atomic E-state index is 12.8. The van der Waals surface area contributed by atoms with Crippen LogP contribution in [0.3, 0.4) is 0 Å². The number of benzene rings is 1. The van der Waals surface area contributed by atoms with E-state index in [1.807, 2.05) is 0 Å². The lowest BCUT2D eigenvalue weighted by molar-refractivity contribution is 0.0983. The molecule has 1 aromatic heterocycles. The van der Waals surface area contributed by atoms with Crippen molar-refractivity contribution in [2.24, 2.45) is 5.73 Å². The van der Waals surface area contributed by atoms with Gasteiger partial charge in [0.05, 0.1) is 12.6 Å². The molecule has 1 unspecified atom stereocenters. The third-order valence-corrected chi connectivity index (χ3v) is 2.60. The molecule has 0 fully saturated rings. The highest BCUT2D eigenvalue weighted by atomic mass is 19.1. The topological polar surface area (TPSA) is 81.1 Å². The molecule has 0 aliphatic rings. The maximum Gasteiger partial charge on any atom is 0.284 e. The molecule has 5 nitrogen and oxygen atoms in total. The highest BCUT2D eigenvalue weighted by Gasteiger charge is 2.18. The number of rotatable bonds is 4. The summed E-state index contributed by atoms with van der Waals surface area (Å²) < 4.78 is 14.3. The summed E-state index contributed by atoms with van der Waals surface area (Å²) in [6.45, 7) is -0.268. The van der Waals surface area contributed by atoms with Gasteiger partial charge in [-0.3, -0.25) is 4.79 Å². The third-order valence-electron chi connectivity index (χ3n) is 2.60. The van der Waals surface area contributed by atoms with Crippen LogP contribution in [-0.4, -0.2) is 27.2 Å². The van der Waals surface area contributed by atoms with Gasteiger partial charge in [0, 0.05) is 6.20 Å². The Kier molecular flexibility index (Phi) is 3.38. The van der Waals surface area contributed by atoms with Gasteiger partial charge in [-0.15, -0.1) is 0 Å². The summed E-state index contributed by atoms with van der Waals surface area (Å²) in [7, 11) is 0. The first-order chi connectivity index (χ1) is 8.63. The van der Waals surface area contributed by atoms with E-state index >= 15 is 0 Å². The number of aliphatic hydroxyl groups excluding tert-OH is 1. The summed E-state index contributed by atoms with van der Waals surface area (Å²) >= 11 is 0. The Labute approximate surface area is 103 Å². The van der Waals surface area contributed by atoms with Crippen molar-refractivity contribution in [1.82, 2.24) is 9.55 Å². The van der Waals surface area contributed by atoms with Gasteiger partial charge in [0.15, 0.2) is 5.82 Å². The average molecular weight is 248 g/mol. The molecular formula is C12H11FN3O2. The number of hydrogen-bond donors (Lipinski definition) is 2. The van der Waals surface area contributed by atoms with E-state index in [1.165, 1.54) is 35.0 Å². The van der Waals surface area contributed by atoms with Crippen molar-refractivity contribution in [1.29, 1.82) is 0 Å². The van der Waals surface area contributed by atoms with Crippen LogP contribution in [0.25, 0.3) is 0 Å². The van der Waals surface area contributed by atoms with E-state index in [0.29, 0.717) is 5.56 Å². The number of aromatic nitrogens is 2. The molecule has 93 valence electrons. The minimum Gasteiger partial charge on any atom is -0.394 e. The quantitative estimate of drug-likeness (QED) is 0.826. The molecule has 1 amide bonds. The van der Waals surface area contributed by atoms with Crippen molar-refractivity contribution >= 4 is 5.91 Å². The zero-order valence-electron chi connectivity index (χ0n) is 9.38. The lowest BCUT2D eigenvalue weighted by atomic mass is 10.1. The number of aliphatic hydroxyl groups is 1. The number of hydrogen-bond acceptors (Lipinski definition) is 3. The molecular weight excluding hydrogens is 237 g/mol. The minimum atomic E-state index is -0.711. The van der Waals surface area contributed by atoms with Crippen LogP contribution in [0.1, 0.15) is 22.2 Å². The fraction of sp³-hybridized carbons (Fsp3) is 0.167. The molecule has 1 atom stereocenters. The molecule has 3 N–H and O–H groups in total. The van der Waals surface area contributed by atoms with Gasteiger partial charge < -0.3 is 15.4 Å². The summed E-state index contributed by atoms with van der Waals surface area (Å²) in [6, 6.07) is 5.07. The monoisotopic (exact) mass is 248 g/mol. The summed E-state index contributed by atoms with van der Waals surface area (Å²) in [5, 5.41) is 9.42. The van der Waals surface area contributed by atoms with Crippen LogP contribution in [0.2, 0.25) is 0 Å². The summed E-state index contributed by atoms with van der Waals surface area (Å²) in [4.78, 5) is 14.9. The second kappa shape index (κ2) is 4.97. The van der Waals surface area contributed by atoms with Crippen LogP contribution >= 0.6 is 0 Å². The fourth-order valence-electron chi connectivity index (χ4n) is 1.73. The summed E-state index contributed by atoms with van der Waals surface area (Å²) in [5.74, 6) is -1.09. The predicted octanol–water partition coefficient (Wildman–Crippen LogP) is 0.503. The van der Waals surface area contributed by atoms with Gasteiger partial charge in [-0.05, 0) is 17.7 Å². The molecule has 0 saturated carbocycles. The van der Waals surface area contributed by atoms with Gasteiger partial charge in [-0.1, -0.05) is 12.1 Å². The van der Waals surface area contributed by atoms with Gasteiger partial charge in [-0.25, -0.2) is 9.37 Å². The Morgan fingerprint density at radius 2 is 2.17 bits per heavy atom. The number of nitrogens with two attached hydrogens (primary N) is 1. The van der Waals surface area contributed by atoms with Crippen molar-refractivity contribution in [2.45, 2.75) is 6.04 Å². The van der Waals surface area contributed by atoms with E-state index in [1.54, 1.807) is 0 Å². The molecule has 1 radical (unpaired) electrons. The van der Waals surface area contributed by atoms with Crippen molar-refractivity contribution in [3.05, 3.63) is 53.9 Å². The SMILES string of the molecule is NC(=O)c1n[c]cn1C(CO)c1ccc(F)cc1. The van der Waals surface area contributed by atoms with E-state index in [-0.39, 0.29) is 18.2 Å². The molecule has 2 rings (SSSR count). The Bertz CT molecular complexity index is 551. The largest absolute Gasteiger partial charge is 0.394 e.